The van der Waals surface area contributed by atoms with Gasteiger partial charge in [-0.15, -0.1) is 0 Å². The van der Waals surface area contributed by atoms with Crippen molar-refractivity contribution in [3.63, 3.8) is 0 Å². The van der Waals surface area contributed by atoms with Gasteiger partial charge in [0.1, 0.15) is 0 Å². The number of benzene rings is 3. The van der Waals surface area contributed by atoms with E-state index in [0.717, 1.165) is 11.3 Å². The van der Waals surface area contributed by atoms with Gasteiger partial charge in [0.15, 0.2) is 0 Å². The molecule has 0 amide bonds. The Morgan fingerprint density at radius 3 is 1.76 bits per heavy atom. The maximum atomic E-state index is 4.21. The van der Waals surface area contributed by atoms with Crippen molar-refractivity contribution in [2.45, 2.75) is 6.92 Å². The first-order valence-corrected chi connectivity index (χ1v) is 10.9. The monoisotopic (exact) mass is 346 g/mol. The van der Waals surface area contributed by atoms with Crippen molar-refractivity contribution in [1.29, 1.82) is 0 Å². The van der Waals surface area contributed by atoms with Crippen LogP contribution in [0, 0.1) is 0 Å². The normalized spacial score (nSPS) is 12.6. The van der Waals surface area contributed by atoms with Crippen molar-refractivity contribution in [1.82, 2.24) is 0 Å². The van der Waals surface area contributed by atoms with Crippen LogP contribution in [-0.2, 0) is 0 Å². The average Bonchev–Trinajstić information content (AvgIpc) is 2.69. The maximum absolute atomic E-state index is 4.21. The Morgan fingerprint density at radius 2 is 1.24 bits per heavy atom. The molecule has 3 heteroatoms. The van der Waals surface area contributed by atoms with Crippen molar-refractivity contribution in [3.8, 4) is 0 Å². The van der Waals surface area contributed by atoms with Gasteiger partial charge in [0.2, 0.25) is 0 Å². The molecule has 0 heterocycles. The average molecular weight is 346 g/mol. The second-order valence-corrected chi connectivity index (χ2v) is 10.2. The van der Waals surface area contributed by atoms with E-state index in [1.807, 2.05) is 6.92 Å². The van der Waals surface area contributed by atoms with E-state index in [1.54, 1.807) is 0 Å². The fourth-order valence-electron chi connectivity index (χ4n) is 3.42. The molecule has 0 saturated heterocycles. The van der Waals surface area contributed by atoms with E-state index < -0.39 is 7.26 Å². The van der Waals surface area contributed by atoms with Crippen LogP contribution in [-0.4, -0.2) is 19.1 Å². The molecule has 0 saturated carbocycles. The number of hydrogen-bond acceptors (Lipinski definition) is 2. The molecule has 25 heavy (non-hydrogen) atoms. The quantitative estimate of drug-likeness (QED) is 0.382. The summed E-state index contributed by atoms with van der Waals surface area (Å²) in [6.45, 7) is 7.91. The van der Waals surface area contributed by atoms with Crippen LogP contribution in [0.5, 0.6) is 0 Å². The summed E-state index contributed by atoms with van der Waals surface area (Å²) in [5.41, 5.74) is 2.05. The predicted octanol–water partition coefficient (Wildman–Crippen LogP) is 3.77. The summed E-state index contributed by atoms with van der Waals surface area (Å²) < 4.78 is 0. The second kappa shape index (κ2) is 7.55. The third-order valence-electron chi connectivity index (χ3n) is 4.78. The first kappa shape index (κ1) is 17.3. The molecule has 0 atom stereocenters. The van der Waals surface area contributed by atoms with Gasteiger partial charge in [-0.1, -0.05) is 0 Å². The van der Waals surface area contributed by atoms with Crippen LogP contribution in [0.1, 0.15) is 12.5 Å². The molecular formula is C22H23N2P. The van der Waals surface area contributed by atoms with E-state index in [9.17, 15) is 0 Å². The molecule has 3 rings (SSSR count). The first-order valence-electron chi connectivity index (χ1n) is 8.39. The topological polar surface area (TPSA) is 24.7 Å². The predicted molar refractivity (Wildman–Crippen MR) is 114 cm³/mol. The Morgan fingerprint density at radius 1 is 0.760 bits per heavy atom. The molecule has 0 aliphatic carbocycles. The van der Waals surface area contributed by atoms with Gasteiger partial charge in [-0.3, -0.25) is 0 Å². The minimum atomic E-state index is -2.16. The van der Waals surface area contributed by atoms with E-state index in [-0.39, 0.29) is 0 Å². The van der Waals surface area contributed by atoms with Crippen LogP contribution in [0.3, 0.4) is 0 Å². The number of hydrogen-bond donors (Lipinski definition) is 0. The Balaban J connectivity index is 2.32. The summed E-state index contributed by atoms with van der Waals surface area (Å²) in [6.07, 6.45) is 0. The Kier molecular flexibility index (Phi) is 5.21. The van der Waals surface area contributed by atoms with Gasteiger partial charge in [-0.2, -0.15) is 0 Å². The van der Waals surface area contributed by atoms with Gasteiger partial charge >= 0.3 is 150 Å². The molecule has 126 valence electrons. The molecule has 0 aliphatic rings. The van der Waals surface area contributed by atoms with Crippen LogP contribution < -0.4 is 15.9 Å². The molecule has 0 bridgehead atoms. The summed E-state index contributed by atoms with van der Waals surface area (Å²) in [7, 11) is -2.16. The Labute approximate surface area is 150 Å². The SMILES string of the molecule is C=N/N=C(\C)c1ccccc1[PH](C)(c1ccccc1)c1ccccc1. The van der Waals surface area contributed by atoms with Crippen LogP contribution in [0.4, 0.5) is 0 Å². The zero-order chi connectivity index (χ0) is 17.7. The number of nitrogens with zero attached hydrogens (tertiary/aromatic N) is 2. The molecule has 3 aromatic carbocycles. The van der Waals surface area contributed by atoms with Gasteiger partial charge in [0.05, 0.1) is 0 Å². The fraction of sp³-hybridized carbons (Fsp3) is 0.0909. The van der Waals surface area contributed by atoms with Crippen molar-refractivity contribution in [2.75, 3.05) is 6.66 Å². The summed E-state index contributed by atoms with van der Waals surface area (Å²) in [6, 6.07) is 30.2. The molecule has 2 nitrogen and oxygen atoms in total. The summed E-state index contributed by atoms with van der Waals surface area (Å²) in [5, 5.41) is 12.1. The molecule has 0 aliphatic heterocycles. The standard InChI is InChI=1S/C22H23N2P/c1-18(24-23-2)21-16-10-11-17-22(21)25(3,19-12-6-4-7-13-19)20-14-8-5-9-15-20/h4-17,25H,2H2,1,3H3/b24-18+. The van der Waals surface area contributed by atoms with Gasteiger partial charge in [-0.25, -0.2) is 0 Å². The molecule has 0 fully saturated rings. The van der Waals surface area contributed by atoms with E-state index in [0.29, 0.717) is 0 Å². The fourth-order valence-corrected chi connectivity index (χ4v) is 7.32. The third-order valence-corrected chi connectivity index (χ3v) is 9.27. The first-order chi connectivity index (χ1) is 12.2. The van der Waals surface area contributed by atoms with Gasteiger partial charge in [0, 0.05) is 0 Å². The van der Waals surface area contributed by atoms with Crippen molar-refractivity contribution in [2.24, 2.45) is 10.2 Å². The third kappa shape index (κ3) is 3.31. The second-order valence-electron chi connectivity index (χ2n) is 6.23. The van der Waals surface area contributed by atoms with E-state index >= 15 is 0 Å². The molecule has 0 unspecified atom stereocenters. The number of rotatable bonds is 5. The minimum absolute atomic E-state index is 0.899. The molecular weight excluding hydrogens is 323 g/mol. The van der Waals surface area contributed by atoms with E-state index in [2.05, 4.69) is 109 Å². The summed E-state index contributed by atoms with van der Waals surface area (Å²) >= 11 is 0. The van der Waals surface area contributed by atoms with Crippen LogP contribution in [0.2, 0.25) is 0 Å². The zero-order valence-corrected chi connectivity index (χ0v) is 15.7. The Hall–Kier alpha value is -2.57. The molecule has 0 N–H and O–H groups in total. The van der Waals surface area contributed by atoms with Crippen molar-refractivity contribution in [3.05, 3.63) is 90.5 Å². The summed E-state index contributed by atoms with van der Waals surface area (Å²) in [4.78, 5) is 0. The van der Waals surface area contributed by atoms with Crippen LogP contribution >= 0.6 is 7.26 Å². The molecule has 0 aromatic heterocycles. The van der Waals surface area contributed by atoms with Gasteiger partial charge in [0.25, 0.3) is 0 Å². The molecule has 0 spiro atoms. The van der Waals surface area contributed by atoms with E-state index in [1.165, 1.54) is 15.9 Å². The van der Waals surface area contributed by atoms with Gasteiger partial charge in [-0.05, 0) is 0 Å². The molecule has 3 aromatic rings. The van der Waals surface area contributed by atoms with Crippen LogP contribution in [0.25, 0.3) is 0 Å². The molecule has 0 radical (unpaired) electrons. The van der Waals surface area contributed by atoms with Gasteiger partial charge < -0.3 is 0 Å². The Bertz CT molecular complexity index is 847. The van der Waals surface area contributed by atoms with Crippen molar-refractivity contribution < 1.29 is 0 Å². The van der Waals surface area contributed by atoms with E-state index in [4.69, 9.17) is 0 Å². The summed E-state index contributed by atoms with van der Waals surface area (Å²) in [5.74, 6) is 0. The zero-order valence-electron chi connectivity index (χ0n) is 14.7. The van der Waals surface area contributed by atoms with Crippen LogP contribution in [0.15, 0.2) is 95.1 Å². The van der Waals surface area contributed by atoms with Crippen molar-refractivity contribution >= 4 is 35.6 Å².